The van der Waals surface area contributed by atoms with E-state index in [2.05, 4.69) is 5.32 Å². The first-order chi connectivity index (χ1) is 11.8. The number of alkyl halides is 3. The number of rotatable bonds is 8. The van der Waals surface area contributed by atoms with Crippen molar-refractivity contribution in [2.75, 3.05) is 33.3 Å². The molecule has 0 aliphatic heterocycles. The SMILES string of the molecule is CN(CCCNC(=O)COc1ccc2ccccc2c1)CC(F)(F)F. The zero-order valence-electron chi connectivity index (χ0n) is 14.0. The minimum Gasteiger partial charge on any atom is -0.484 e. The van der Waals surface area contributed by atoms with Crippen molar-refractivity contribution in [2.24, 2.45) is 0 Å². The highest BCUT2D eigenvalue weighted by molar-refractivity contribution is 5.84. The number of nitrogens with zero attached hydrogens (tertiary/aromatic N) is 1. The number of nitrogens with one attached hydrogen (secondary N) is 1. The van der Waals surface area contributed by atoms with E-state index in [0.29, 0.717) is 18.7 Å². The van der Waals surface area contributed by atoms with Gasteiger partial charge in [0.05, 0.1) is 6.54 Å². The summed E-state index contributed by atoms with van der Waals surface area (Å²) in [5.41, 5.74) is 0. The number of ether oxygens (including phenoxy) is 1. The number of hydrogen-bond donors (Lipinski definition) is 1. The molecule has 0 atom stereocenters. The first kappa shape index (κ1) is 19.1. The molecule has 136 valence electrons. The summed E-state index contributed by atoms with van der Waals surface area (Å²) in [6.45, 7) is -0.518. The highest BCUT2D eigenvalue weighted by Crippen LogP contribution is 2.20. The van der Waals surface area contributed by atoms with E-state index < -0.39 is 12.7 Å². The largest absolute Gasteiger partial charge is 0.484 e. The fourth-order valence-corrected chi connectivity index (χ4v) is 2.42. The molecule has 2 aromatic carbocycles. The molecule has 0 unspecified atom stereocenters. The highest BCUT2D eigenvalue weighted by Gasteiger charge is 2.28. The Morgan fingerprint density at radius 2 is 1.88 bits per heavy atom. The van der Waals surface area contributed by atoms with E-state index in [-0.39, 0.29) is 19.1 Å². The molecule has 1 N–H and O–H groups in total. The van der Waals surface area contributed by atoms with Crippen molar-refractivity contribution in [1.82, 2.24) is 10.2 Å². The fourth-order valence-electron chi connectivity index (χ4n) is 2.42. The van der Waals surface area contributed by atoms with Gasteiger partial charge in [0.1, 0.15) is 5.75 Å². The Labute approximate surface area is 144 Å². The van der Waals surface area contributed by atoms with Crippen LogP contribution in [0.25, 0.3) is 10.8 Å². The smallest absolute Gasteiger partial charge is 0.401 e. The molecular weight excluding hydrogens is 333 g/mol. The number of fused-ring (bicyclic) bond motifs is 1. The third kappa shape index (κ3) is 7.01. The van der Waals surface area contributed by atoms with E-state index in [1.54, 1.807) is 6.07 Å². The molecule has 25 heavy (non-hydrogen) atoms. The maximum absolute atomic E-state index is 12.2. The van der Waals surface area contributed by atoms with Gasteiger partial charge in [-0.2, -0.15) is 13.2 Å². The van der Waals surface area contributed by atoms with Crippen molar-refractivity contribution in [2.45, 2.75) is 12.6 Å². The van der Waals surface area contributed by atoms with Crippen LogP contribution >= 0.6 is 0 Å². The Balaban J connectivity index is 1.66. The number of carbonyl (C=O) groups is 1. The third-order valence-electron chi connectivity index (χ3n) is 3.58. The molecule has 0 fully saturated rings. The van der Waals surface area contributed by atoms with Crippen molar-refractivity contribution in [3.63, 3.8) is 0 Å². The zero-order chi connectivity index (χ0) is 18.3. The predicted octanol–water partition coefficient (Wildman–Crippen LogP) is 3.22. The first-order valence-electron chi connectivity index (χ1n) is 7.97. The summed E-state index contributed by atoms with van der Waals surface area (Å²) in [6, 6.07) is 13.4. The summed E-state index contributed by atoms with van der Waals surface area (Å²) in [6.07, 6.45) is -3.76. The van der Waals surface area contributed by atoms with Gasteiger partial charge in [-0.25, -0.2) is 0 Å². The summed E-state index contributed by atoms with van der Waals surface area (Å²) in [5, 5.41) is 4.74. The van der Waals surface area contributed by atoms with Crippen molar-refractivity contribution in [1.29, 1.82) is 0 Å². The van der Waals surface area contributed by atoms with Crippen molar-refractivity contribution in [3.05, 3.63) is 42.5 Å². The van der Waals surface area contributed by atoms with Gasteiger partial charge in [-0.05, 0) is 42.9 Å². The summed E-state index contributed by atoms with van der Waals surface area (Å²) < 4.78 is 42.0. The standard InChI is InChI=1S/C18H21F3N2O2/c1-23(13-18(19,20)21)10-4-9-22-17(24)12-25-16-8-7-14-5-2-3-6-15(14)11-16/h2-3,5-8,11H,4,9-10,12-13H2,1H3,(H,22,24). The van der Waals surface area contributed by atoms with Crippen LogP contribution in [0.2, 0.25) is 0 Å². The average Bonchev–Trinajstić information content (AvgIpc) is 2.55. The second kappa shape index (κ2) is 8.71. The monoisotopic (exact) mass is 354 g/mol. The molecule has 0 aliphatic carbocycles. The van der Waals surface area contributed by atoms with Gasteiger partial charge in [0.2, 0.25) is 0 Å². The molecule has 0 bridgehead atoms. The molecule has 0 radical (unpaired) electrons. The molecule has 2 rings (SSSR count). The minimum atomic E-state index is -4.20. The normalized spacial score (nSPS) is 11.7. The quantitative estimate of drug-likeness (QED) is 0.740. The predicted molar refractivity (Wildman–Crippen MR) is 90.6 cm³/mol. The average molecular weight is 354 g/mol. The lowest BCUT2D eigenvalue weighted by Crippen LogP contribution is -2.34. The number of hydrogen-bond acceptors (Lipinski definition) is 3. The van der Waals surface area contributed by atoms with Crippen LogP contribution in [0, 0.1) is 0 Å². The Kier molecular flexibility index (Phi) is 6.64. The number of amides is 1. The first-order valence-corrected chi connectivity index (χ1v) is 7.97. The molecule has 0 aliphatic rings. The van der Waals surface area contributed by atoms with Crippen molar-refractivity contribution >= 4 is 16.7 Å². The molecule has 0 spiro atoms. The van der Waals surface area contributed by atoms with E-state index in [1.165, 1.54) is 11.9 Å². The lowest BCUT2D eigenvalue weighted by Gasteiger charge is -2.18. The zero-order valence-corrected chi connectivity index (χ0v) is 14.0. The van der Waals surface area contributed by atoms with Crippen molar-refractivity contribution < 1.29 is 22.7 Å². The summed E-state index contributed by atoms with van der Waals surface area (Å²) in [7, 11) is 1.40. The molecule has 2 aromatic rings. The lowest BCUT2D eigenvalue weighted by molar-refractivity contribution is -0.143. The van der Waals surface area contributed by atoms with Gasteiger partial charge in [-0.1, -0.05) is 30.3 Å². The molecule has 0 aromatic heterocycles. The maximum Gasteiger partial charge on any atom is 0.401 e. The summed E-state index contributed by atoms with van der Waals surface area (Å²) in [5.74, 6) is 0.297. The topological polar surface area (TPSA) is 41.6 Å². The molecule has 7 heteroatoms. The van der Waals surface area contributed by atoms with Gasteiger partial charge in [0.15, 0.2) is 6.61 Å². The van der Waals surface area contributed by atoms with Crippen LogP contribution in [0.15, 0.2) is 42.5 Å². The summed E-state index contributed by atoms with van der Waals surface area (Å²) >= 11 is 0. The van der Waals surface area contributed by atoms with Crippen molar-refractivity contribution in [3.8, 4) is 5.75 Å². The van der Waals surface area contributed by atoms with Gasteiger partial charge >= 0.3 is 6.18 Å². The number of halogens is 3. The molecule has 4 nitrogen and oxygen atoms in total. The number of carbonyl (C=O) groups excluding carboxylic acids is 1. The minimum absolute atomic E-state index is 0.128. The van der Waals surface area contributed by atoms with Gasteiger partial charge < -0.3 is 10.1 Å². The molecule has 0 heterocycles. The molecule has 1 amide bonds. The Hall–Kier alpha value is -2.28. The Bertz CT molecular complexity index is 704. The van der Waals surface area contributed by atoms with E-state index >= 15 is 0 Å². The fraction of sp³-hybridized carbons (Fsp3) is 0.389. The van der Waals surface area contributed by atoms with Crippen LogP contribution in [0.5, 0.6) is 5.75 Å². The summed E-state index contributed by atoms with van der Waals surface area (Å²) in [4.78, 5) is 12.9. The molecule has 0 saturated heterocycles. The molecule has 0 saturated carbocycles. The van der Waals surface area contributed by atoms with Crippen LogP contribution in [0.3, 0.4) is 0 Å². The van der Waals surface area contributed by atoms with Crippen LogP contribution in [0.1, 0.15) is 6.42 Å². The highest BCUT2D eigenvalue weighted by atomic mass is 19.4. The van der Waals surface area contributed by atoms with Crippen LogP contribution in [0.4, 0.5) is 13.2 Å². The van der Waals surface area contributed by atoms with Gasteiger partial charge in [-0.15, -0.1) is 0 Å². The van der Waals surface area contributed by atoms with E-state index in [1.807, 2.05) is 36.4 Å². The Morgan fingerprint density at radius 3 is 2.60 bits per heavy atom. The third-order valence-corrected chi connectivity index (χ3v) is 3.58. The van der Waals surface area contributed by atoms with Crippen LogP contribution in [-0.2, 0) is 4.79 Å². The number of benzene rings is 2. The second-order valence-electron chi connectivity index (χ2n) is 5.85. The van der Waals surface area contributed by atoms with Crippen LogP contribution in [-0.4, -0.2) is 50.3 Å². The lowest BCUT2D eigenvalue weighted by atomic mass is 10.1. The van der Waals surface area contributed by atoms with E-state index in [4.69, 9.17) is 4.74 Å². The maximum atomic E-state index is 12.2. The van der Waals surface area contributed by atoms with Crippen LogP contribution < -0.4 is 10.1 Å². The Morgan fingerprint density at radius 1 is 1.16 bits per heavy atom. The molecular formula is C18H21F3N2O2. The van der Waals surface area contributed by atoms with Gasteiger partial charge in [0, 0.05) is 6.54 Å². The van der Waals surface area contributed by atoms with E-state index in [0.717, 1.165) is 10.8 Å². The van der Waals surface area contributed by atoms with E-state index in [9.17, 15) is 18.0 Å². The van der Waals surface area contributed by atoms with Gasteiger partial charge in [-0.3, -0.25) is 9.69 Å². The second-order valence-corrected chi connectivity index (χ2v) is 5.85. The van der Waals surface area contributed by atoms with Gasteiger partial charge in [0.25, 0.3) is 5.91 Å².